The van der Waals surface area contributed by atoms with Crippen molar-refractivity contribution < 1.29 is 19.4 Å². The summed E-state index contributed by atoms with van der Waals surface area (Å²) in [6.45, 7) is 4.08. The third kappa shape index (κ3) is 1.82. The number of fused-ring (bicyclic) bond motifs is 1. The predicted molar refractivity (Wildman–Crippen MR) is 48.6 cm³/mol. The number of carbonyl (C=O) groups excluding carboxylic acids is 1. The summed E-state index contributed by atoms with van der Waals surface area (Å²) >= 11 is 0. The van der Waals surface area contributed by atoms with Gasteiger partial charge in [-0.05, 0) is 13.8 Å². The van der Waals surface area contributed by atoms with Crippen LogP contribution in [0.4, 0.5) is 0 Å². The molecule has 0 amide bonds. The van der Waals surface area contributed by atoms with Crippen LogP contribution < -0.4 is 0 Å². The normalized spacial score (nSPS) is 41.9. The number of aliphatic hydroxyl groups excluding tert-OH is 1. The predicted octanol–water partition coefficient (Wildman–Crippen LogP) is 0.478. The van der Waals surface area contributed by atoms with Crippen LogP contribution in [-0.2, 0) is 14.3 Å². The van der Waals surface area contributed by atoms with E-state index in [1.165, 1.54) is 0 Å². The number of Topliss-reactive ketones (excluding diaryl/α,β-unsaturated/α-hetero) is 1. The minimum Gasteiger partial charge on any atom is -0.393 e. The molecule has 0 aromatic rings. The lowest BCUT2D eigenvalue weighted by Crippen LogP contribution is -2.52. The fourth-order valence-corrected chi connectivity index (χ4v) is 2.13. The van der Waals surface area contributed by atoms with Gasteiger partial charge in [-0.25, -0.2) is 0 Å². The van der Waals surface area contributed by atoms with Crippen LogP contribution >= 0.6 is 0 Å². The number of ether oxygens (including phenoxy) is 2. The van der Waals surface area contributed by atoms with Crippen molar-refractivity contribution in [2.24, 2.45) is 5.92 Å². The summed E-state index contributed by atoms with van der Waals surface area (Å²) in [5.74, 6) is -0.742. The lowest BCUT2D eigenvalue weighted by Gasteiger charge is -2.43. The second-order valence-electron chi connectivity index (χ2n) is 4.53. The number of carbonyl (C=O) groups is 1. The molecular formula is C10H16O4. The summed E-state index contributed by atoms with van der Waals surface area (Å²) in [5, 5.41) is 9.45. The zero-order valence-corrected chi connectivity index (χ0v) is 8.53. The lowest BCUT2D eigenvalue weighted by molar-refractivity contribution is -0.295. The van der Waals surface area contributed by atoms with Crippen molar-refractivity contribution in [3.8, 4) is 0 Å². The van der Waals surface area contributed by atoms with Crippen molar-refractivity contribution in [3.63, 3.8) is 0 Å². The molecule has 1 heterocycles. The van der Waals surface area contributed by atoms with Crippen molar-refractivity contribution in [1.29, 1.82) is 0 Å². The molecule has 2 aliphatic rings. The number of aliphatic hydroxyl groups is 1. The maximum atomic E-state index is 11.5. The Hall–Kier alpha value is -0.450. The Kier molecular flexibility index (Phi) is 2.37. The first-order valence-electron chi connectivity index (χ1n) is 5.00. The van der Waals surface area contributed by atoms with E-state index in [-0.39, 0.29) is 24.2 Å². The van der Waals surface area contributed by atoms with E-state index < -0.39 is 11.9 Å². The fourth-order valence-electron chi connectivity index (χ4n) is 2.13. The van der Waals surface area contributed by atoms with Crippen molar-refractivity contribution >= 4 is 5.78 Å². The Balaban J connectivity index is 2.10. The van der Waals surface area contributed by atoms with Gasteiger partial charge in [0.1, 0.15) is 5.78 Å². The molecule has 0 spiro atoms. The number of ketones is 1. The molecular weight excluding hydrogens is 184 g/mol. The molecule has 0 radical (unpaired) electrons. The Bertz CT molecular complexity index is 249. The molecule has 80 valence electrons. The van der Waals surface area contributed by atoms with Crippen LogP contribution in [-0.4, -0.2) is 35.5 Å². The van der Waals surface area contributed by atoms with Gasteiger partial charge in [-0.2, -0.15) is 0 Å². The van der Waals surface area contributed by atoms with E-state index in [0.29, 0.717) is 13.0 Å². The molecule has 2 fully saturated rings. The second kappa shape index (κ2) is 3.29. The van der Waals surface area contributed by atoms with Crippen LogP contribution in [0.25, 0.3) is 0 Å². The van der Waals surface area contributed by atoms with Crippen molar-refractivity contribution in [1.82, 2.24) is 0 Å². The van der Waals surface area contributed by atoms with Gasteiger partial charge in [0, 0.05) is 12.8 Å². The van der Waals surface area contributed by atoms with Crippen molar-refractivity contribution in [2.45, 2.75) is 44.7 Å². The lowest BCUT2D eigenvalue weighted by atomic mass is 9.83. The molecule has 4 nitrogen and oxygen atoms in total. The van der Waals surface area contributed by atoms with Crippen LogP contribution in [0.15, 0.2) is 0 Å². The van der Waals surface area contributed by atoms with E-state index in [1.807, 2.05) is 13.8 Å². The maximum absolute atomic E-state index is 11.5. The molecule has 4 heteroatoms. The SMILES string of the molecule is CC1(C)OC[C@H]2C(=O)C[C@@H](O)C[C@@H]2O1. The van der Waals surface area contributed by atoms with E-state index in [2.05, 4.69) is 0 Å². The molecule has 2 rings (SSSR count). The molecule has 1 aliphatic carbocycles. The average Bonchev–Trinajstić information content (AvgIpc) is 2.00. The number of hydrogen-bond donors (Lipinski definition) is 1. The van der Waals surface area contributed by atoms with E-state index >= 15 is 0 Å². The molecule has 0 aromatic heterocycles. The smallest absolute Gasteiger partial charge is 0.163 e. The van der Waals surface area contributed by atoms with Gasteiger partial charge < -0.3 is 14.6 Å². The first-order chi connectivity index (χ1) is 6.48. The van der Waals surface area contributed by atoms with Gasteiger partial charge in [0.2, 0.25) is 0 Å². The summed E-state index contributed by atoms with van der Waals surface area (Å²) in [5.41, 5.74) is 0. The summed E-state index contributed by atoms with van der Waals surface area (Å²) in [6, 6.07) is 0. The minimum absolute atomic E-state index is 0.0595. The number of rotatable bonds is 0. The van der Waals surface area contributed by atoms with Crippen LogP contribution in [0.1, 0.15) is 26.7 Å². The van der Waals surface area contributed by atoms with Gasteiger partial charge in [0.25, 0.3) is 0 Å². The van der Waals surface area contributed by atoms with Crippen LogP contribution in [0.5, 0.6) is 0 Å². The van der Waals surface area contributed by atoms with Gasteiger partial charge in [-0.1, -0.05) is 0 Å². The highest BCUT2D eigenvalue weighted by Crippen LogP contribution is 2.33. The highest BCUT2D eigenvalue weighted by molar-refractivity contribution is 5.83. The zero-order valence-electron chi connectivity index (χ0n) is 8.53. The van der Waals surface area contributed by atoms with Crippen LogP contribution in [0.2, 0.25) is 0 Å². The Morgan fingerprint density at radius 3 is 2.93 bits per heavy atom. The fraction of sp³-hybridized carbons (Fsp3) is 0.900. The quantitative estimate of drug-likeness (QED) is 0.618. The molecule has 14 heavy (non-hydrogen) atoms. The van der Waals surface area contributed by atoms with E-state index in [0.717, 1.165) is 0 Å². The van der Waals surface area contributed by atoms with E-state index in [1.54, 1.807) is 0 Å². The Morgan fingerprint density at radius 1 is 1.50 bits per heavy atom. The second-order valence-corrected chi connectivity index (χ2v) is 4.53. The standard InChI is InChI=1S/C10H16O4/c1-10(2)13-5-7-8(12)3-6(11)4-9(7)14-10/h6-7,9,11H,3-5H2,1-2H3/t6-,7+,9+/m1/s1. The summed E-state index contributed by atoms with van der Waals surface area (Å²) in [4.78, 5) is 11.5. The molecule has 1 saturated carbocycles. The zero-order chi connectivity index (χ0) is 10.3. The van der Waals surface area contributed by atoms with Gasteiger partial charge >= 0.3 is 0 Å². The molecule has 0 unspecified atom stereocenters. The maximum Gasteiger partial charge on any atom is 0.163 e. The Labute approximate surface area is 83.2 Å². The summed E-state index contributed by atoms with van der Waals surface area (Å²) < 4.78 is 11.0. The van der Waals surface area contributed by atoms with Crippen LogP contribution in [0.3, 0.4) is 0 Å². The van der Waals surface area contributed by atoms with Gasteiger partial charge in [-0.15, -0.1) is 0 Å². The number of hydrogen-bond acceptors (Lipinski definition) is 4. The third-order valence-electron chi connectivity index (χ3n) is 2.85. The molecule has 1 N–H and O–H groups in total. The molecule has 1 saturated heterocycles. The highest BCUT2D eigenvalue weighted by atomic mass is 16.7. The Morgan fingerprint density at radius 2 is 2.21 bits per heavy atom. The van der Waals surface area contributed by atoms with Crippen molar-refractivity contribution in [3.05, 3.63) is 0 Å². The summed E-state index contributed by atoms with van der Waals surface area (Å²) in [7, 11) is 0. The van der Waals surface area contributed by atoms with Crippen molar-refractivity contribution in [2.75, 3.05) is 6.61 Å². The monoisotopic (exact) mass is 200 g/mol. The minimum atomic E-state index is -0.626. The topological polar surface area (TPSA) is 55.8 Å². The van der Waals surface area contributed by atoms with Gasteiger partial charge in [0.05, 0.1) is 24.7 Å². The van der Waals surface area contributed by atoms with Gasteiger partial charge in [0.15, 0.2) is 5.79 Å². The molecule has 3 atom stereocenters. The summed E-state index contributed by atoms with van der Waals surface area (Å²) in [6.07, 6.45) is 0.0741. The molecule has 1 aliphatic heterocycles. The first kappa shape index (κ1) is 10.1. The molecule has 0 bridgehead atoms. The highest BCUT2D eigenvalue weighted by Gasteiger charge is 2.44. The van der Waals surface area contributed by atoms with Crippen LogP contribution in [0, 0.1) is 5.92 Å². The first-order valence-corrected chi connectivity index (χ1v) is 5.00. The van der Waals surface area contributed by atoms with Gasteiger partial charge in [-0.3, -0.25) is 4.79 Å². The van der Waals surface area contributed by atoms with E-state index in [4.69, 9.17) is 9.47 Å². The molecule has 0 aromatic carbocycles. The average molecular weight is 200 g/mol. The van der Waals surface area contributed by atoms with E-state index in [9.17, 15) is 9.90 Å². The largest absolute Gasteiger partial charge is 0.393 e. The third-order valence-corrected chi connectivity index (χ3v) is 2.85.